The molecule has 1 heterocycles. The molecule has 0 aliphatic carbocycles. The van der Waals surface area contributed by atoms with Crippen molar-refractivity contribution in [3.05, 3.63) is 11.7 Å². The summed E-state index contributed by atoms with van der Waals surface area (Å²) < 4.78 is 10.6. The summed E-state index contributed by atoms with van der Waals surface area (Å²) in [4.78, 5) is 4.24. The Labute approximate surface area is 90.0 Å². The average molecular weight is 213 g/mol. The summed E-state index contributed by atoms with van der Waals surface area (Å²) in [5, 5.41) is 3.88. The molecule has 0 aromatic carbocycles. The molecule has 0 fully saturated rings. The van der Waals surface area contributed by atoms with Gasteiger partial charge in [0.05, 0.1) is 6.04 Å². The van der Waals surface area contributed by atoms with Crippen molar-refractivity contribution in [3.8, 4) is 0 Å². The molecule has 0 aliphatic heterocycles. The highest BCUT2D eigenvalue weighted by atomic mass is 16.5. The third-order valence-electron chi connectivity index (χ3n) is 2.24. The first-order valence-electron chi connectivity index (χ1n) is 5.24. The first-order valence-corrected chi connectivity index (χ1v) is 5.24. The topological polar surface area (TPSA) is 74.2 Å². The van der Waals surface area contributed by atoms with E-state index in [1.165, 1.54) is 0 Å². The number of aromatic nitrogens is 2. The van der Waals surface area contributed by atoms with Crippen molar-refractivity contribution in [2.24, 2.45) is 5.73 Å². The summed E-state index contributed by atoms with van der Waals surface area (Å²) in [5.41, 5.74) is 5.26. The van der Waals surface area contributed by atoms with E-state index >= 15 is 0 Å². The molecule has 1 aromatic rings. The molecule has 0 saturated heterocycles. The summed E-state index contributed by atoms with van der Waals surface area (Å²) >= 11 is 0. The molecule has 0 amide bonds. The van der Waals surface area contributed by atoms with Crippen molar-refractivity contribution < 1.29 is 9.26 Å². The molecule has 1 unspecified atom stereocenters. The van der Waals surface area contributed by atoms with Crippen molar-refractivity contribution in [1.29, 1.82) is 0 Å². The molecule has 1 atom stereocenters. The van der Waals surface area contributed by atoms with E-state index in [-0.39, 0.29) is 6.04 Å². The summed E-state index contributed by atoms with van der Waals surface area (Å²) in [5.74, 6) is 1.02. The van der Waals surface area contributed by atoms with Crippen LogP contribution in [0.5, 0.6) is 0 Å². The van der Waals surface area contributed by atoms with Crippen LogP contribution >= 0.6 is 0 Å². The molecule has 0 radical (unpaired) electrons. The van der Waals surface area contributed by atoms with Gasteiger partial charge in [0.25, 0.3) is 0 Å². The molecule has 0 aliphatic rings. The second kappa shape index (κ2) is 4.72. The smallest absolute Gasteiger partial charge is 0.243 e. The molecular weight excluding hydrogens is 194 g/mol. The predicted octanol–water partition coefficient (Wildman–Crippen LogP) is 1.75. The Kier molecular flexibility index (Phi) is 3.82. The number of rotatable bonds is 5. The van der Waals surface area contributed by atoms with Crippen LogP contribution in [-0.4, -0.2) is 16.7 Å². The maximum atomic E-state index is 5.79. The molecule has 5 heteroatoms. The summed E-state index contributed by atoms with van der Waals surface area (Å²) in [6.07, 6.45) is 0.775. The van der Waals surface area contributed by atoms with E-state index in [9.17, 15) is 0 Å². The fourth-order valence-electron chi connectivity index (χ4n) is 1.23. The highest BCUT2D eigenvalue weighted by molar-refractivity contribution is 4.99. The van der Waals surface area contributed by atoms with Gasteiger partial charge >= 0.3 is 0 Å². The Morgan fingerprint density at radius 2 is 2.13 bits per heavy atom. The van der Waals surface area contributed by atoms with Crippen LogP contribution in [0.2, 0.25) is 0 Å². The fourth-order valence-corrected chi connectivity index (χ4v) is 1.23. The van der Waals surface area contributed by atoms with Crippen molar-refractivity contribution in [3.63, 3.8) is 0 Å². The van der Waals surface area contributed by atoms with E-state index in [1.807, 2.05) is 27.7 Å². The molecule has 1 aromatic heterocycles. The van der Waals surface area contributed by atoms with Crippen LogP contribution in [0.15, 0.2) is 4.52 Å². The number of hydrogen-bond donors (Lipinski definition) is 1. The summed E-state index contributed by atoms with van der Waals surface area (Å²) in [6, 6.07) is -0.191. The molecule has 0 spiro atoms. The van der Waals surface area contributed by atoms with Gasteiger partial charge in [0, 0.05) is 6.61 Å². The maximum absolute atomic E-state index is 5.79. The summed E-state index contributed by atoms with van der Waals surface area (Å²) in [7, 11) is 0. The predicted molar refractivity (Wildman–Crippen MR) is 56.2 cm³/mol. The number of nitrogens with two attached hydrogens (primary N) is 1. The maximum Gasteiger partial charge on any atom is 0.243 e. The zero-order chi connectivity index (χ0) is 11.5. The lowest BCUT2D eigenvalue weighted by molar-refractivity contribution is -0.0221. The van der Waals surface area contributed by atoms with Gasteiger partial charge < -0.3 is 15.0 Å². The molecular formula is C10H19N3O2. The molecule has 1 rings (SSSR count). The molecule has 5 nitrogen and oxygen atoms in total. The van der Waals surface area contributed by atoms with E-state index in [2.05, 4.69) is 10.1 Å². The molecule has 86 valence electrons. The lowest BCUT2D eigenvalue weighted by Gasteiger charge is -2.19. The average Bonchev–Trinajstić information content (AvgIpc) is 2.66. The Hall–Kier alpha value is -0.940. The van der Waals surface area contributed by atoms with Crippen LogP contribution in [0.3, 0.4) is 0 Å². The fraction of sp³-hybridized carbons (Fsp3) is 0.800. The zero-order valence-electron chi connectivity index (χ0n) is 9.78. The van der Waals surface area contributed by atoms with Crippen LogP contribution in [0.4, 0.5) is 0 Å². The number of nitrogens with zero attached hydrogens (tertiary/aromatic N) is 2. The van der Waals surface area contributed by atoms with Crippen LogP contribution in [0.25, 0.3) is 0 Å². The van der Waals surface area contributed by atoms with E-state index in [1.54, 1.807) is 0 Å². The lowest BCUT2D eigenvalue weighted by atomic mass is 10.1. The van der Waals surface area contributed by atoms with Crippen molar-refractivity contribution in [2.75, 3.05) is 6.61 Å². The zero-order valence-corrected chi connectivity index (χ0v) is 9.78. The standard InChI is InChI=1S/C10H19N3O2/c1-5-7(11)8-12-9(13-15-8)10(3,4)14-6-2/h7H,5-6,11H2,1-4H3. The second-order valence-electron chi connectivity index (χ2n) is 3.91. The third kappa shape index (κ3) is 2.76. The van der Waals surface area contributed by atoms with Gasteiger partial charge in [0.2, 0.25) is 11.7 Å². The Balaban J connectivity index is 2.83. The molecule has 2 N–H and O–H groups in total. The Bertz CT molecular complexity index is 309. The molecule has 15 heavy (non-hydrogen) atoms. The number of ether oxygens (including phenoxy) is 1. The van der Waals surface area contributed by atoms with E-state index < -0.39 is 5.60 Å². The van der Waals surface area contributed by atoms with Gasteiger partial charge in [-0.15, -0.1) is 0 Å². The van der Waals surface area contributed by atoms with E-state index in [0.717, 1.165) is 6.42 Å². The highest BCUT2D eigenvalue weighted by Gasteiger charge is 2.28. The van der Waals surface area contributed by atoms with Crippen LogP contribution in [-0.2, 0) is 10.3 Å². The highest BCUT2D eigenvalue weighted by Crippen LogP contribution is 2.23. The minimum atomic E-state index is -0.524. The number of hydrogen-bond acceptors (Lipinski definition) is 5. The second-order valence-corrected chi connectivity index (χ2v) is 3.91. The first kappa shape index (κ1) is 12.1. The van der Waals surface area contributed by atoms with Gasteiger partial charge in [0.1, 0.15) is 5.60 Å². The van der Waals surface area contributed by atoms with Crippen LogP contribution in [0, 0.1) is 0 Å². The SMILES string of the molecule is CCOC(C)(C)c1noc(C(N)CC)n1. The molecule has 0 bridgehead atoms. The quantitative estimate of drug-likeness (QED) is 0.806. The van der Waals surface area contributed by atoms with Crippen molar-refractivity contribution >= 4 is 0 Å². The van der Waals surface area contributed by atoms with Gasteiger partial charge in [-0.2, -0.15) is 4.98 Å². The van der Waals surface area contributed by atoms with Crippen molar-refractivity contribution in [2.45, 2.75) is 45.8 Å². The van der Waals surface area contributed by atoms with Gasteiger partial charge in [0.15, 0.2) is 0 Å². The third-order valence-corrected chi connectivity index (χ3v) is 2.24. The minimum absolute atomic E-state index is 0.191. The normalized spacial score (nSPS) is 14.2. The summed E-state index contributed by atoms with van der Waals surface area (Å²) in [6.45, 7) is 8.32. The van der Waals surface area contributed by atoms with E-state index in [4.69, 9.17) is 15.0 Å². The molecule has 0 saturated carbocycles. The van der Waals surface area contributed by atoms with Crippen LogP contribution < -0.4 is 5.73 Å². The van der Waals surface area contributed by atoms with Gasteiger partial charge in [-0.25, -0.2) is 0 Å². The largest absolute Gasteiger partial charge is 0.368 e. The van der Waals surface area contributed by atoms with Gasteiger partial charge in [-0.05, 0) is 27.2 Å². The minimum Gasteiger partial charge on any atom is -0.368 e. The first-order chi connectivity index (χ1) is 7.01. The van der Waals surface area contributed by atoms with Crippen molar-refractivity contribution in [1.82, 2.24) is 10.1 Å². The van der Waals surface area contributed by atoms with Gasteiger partial charge in [-0.3, -0.25) is 0 Å². The Morgan fingerprint density at radius 1 is 1.47 bits per heavy atom. The van der Waals surface area contributed by atoms with Crippen LogP contribution in [0.1, 0.15) is 51.9 Å². The van der Waals surface area contributed by atoms with Gasteiger partial charge in [-0.1, -0.05) is 12.1 Å². The van der Waals surface area contributed by atoms with E-state index in [0.29, 0.717) is 18.3 Å². The Morgan fingerprint density at radius 3 is 2.67 bits per heavy atom. The lowest BCUT2D eigenvalue weighted by Crippen LogP contribution is -2.23. The monoisotopic (exact) mass is 213 g/mol.